The van der Waals surface area contributed by atoms with Crippen LogP contribution in [0.25, 0.3) is 0 Å². The summed E-state index contributed by atoms with van der Waals surface area (Å²) in [5.41, 5.74) is 2.48. The number of aliphatic imine (C=N–C) groups is 1. The molecule has 1 aromatic carbocycles. The van der Waals surface area contributed by atoms with Gasteiger partial charge in [0.2, 0.25) is 0 Å². The molecule has 5 nitrogen and oxygen atoms in total. The van der Waals surface area contributed by atoms with Crippen LogP contribution in [0.1, 0.15) is 45.7 Å². The normalized spacial score (nSPS) is 12.4. The zero-order chi connectivity index (χ0) is 18.2. The lowest BCUT2D eigenvalue weighted by atomic mass is 10.1. The van der Waals surface area contributed by atoms with Crippen molar-refractivity contribution in [3.05, 3.63) is 35.4 Å². The van der Waals surface area contributed by atoms with Crippen molar-refractivity contribution in [2.24, 2.45) is 4.99 Å². The number of nitrogens with one attached hydrogen (secondary N) is 2. The highest BCUT2D eigenvalue weighted by atomic mass is 127. The van der Waals surface area contributed by atoms with Gasteiger partial charge in [-0.15, -0.1) is 24.0 Å². The molecule has 0 aliphatic carbocycles. The highest BCUT2D eigenvalue weighted by Crippen LogP contribution is 2.15. The van der Waals surface area contributed by atoms with E-state index in [0.717, 1.165) is 13.0 Å². The molecule has 0 bridgehead atoms. The van der Waals surface area contributed by atoms with Gasteiger partial charge < -0.3 is 10.6 Å². The molecule has 0 unspecified atom stereocenters. The number of aryl methyl sites for hydroxylation is 1. The van der Waals surface area contributed by atoms with E-state index in [1.165, 1.54) is 11.1 Å². The molecule has 0 heterocycles. The molecule has 144 valence electrons. The van der Waals surface area contributed by atoms with Crippen molar-refractivity contribution in [1.82, 2.24) is 10.6 Å². The van der Waals surface area contributed by atoms with Crippen LogP contribution in [-0.2, 0) is 22.8 Å². The Hall–Kier alpha value is -0.830. The molecule has 0 saturated heterocycles. The van der Waals surface area contributed by atoms with E-state index in [1.54, 1.807) is 20.8 Å². The first kappa shape index (κ1) is 24.2. The smallest absolute Gasteiger partial charge is 0.191 e. The number of hydrogen-bond acceptors (Lipinski definition) is 3. The molecule has 0 aromatic heterocycles. The lowest BCUT2D eigenvalue weighted by molar-refractivity contribution is 0.559. The zero-order valence-corrected chi connectivity index (χ0v) is 19.1. The van der Waals surface area contributed by atoms with Gasteiger partial charge in [0.1, 0.15) is 0 Å². The third kappa shape index (κ3) is 7.94. The van der Waals surface area contributed by atoms with Gasteiger partial charge in [0.05, 0.1) is 17.0 Å². The van der Waals surface area contributed by atoms with Crippen molar-refractivity contribution in [1.29, 1.82) is 0 Å². The molecule has 1 aromatic rings. The monoisotopic (exact) mass is 481 g/mol. The van der Waals surface area contributed by atoms with Crippen LogP contribution in [0.3, 0.4) is 0 Å². The molecule has 0 spiro atoms. The van der Waals surface area contributed by atoms with Gasteiger partial charge in [-0.25, -0.2) is 13.4 Å². The van der Waals surface area contributed by atoms with Gasteiger partial charge in [-0.05, 0) is 45.2 Å². The molecule has 0 saturated carbocycles. The first-order valence-corrected chi connectivity index (χ1v) is 10.2. The average Bonchev–Trinajstić information content (AvgIpc) is 2.51. The maximum atomic E-state index is 12.2. The second-order valence-electron chi connectivity index (χ2n) is 6.68. The van der Waals surface area contributed by atoms with E-state index in [9.17, 15) is 8.42 Å². The predicted octanol–water partition coefficient (Wildman–Crippen LogP) is 3.14. The van der Waals surface area contributed by atoms with E-state index < -0.39 is 14.6 Å². The first-order chi connectivity index (χ1) is 11.2. The first-order valence-electron chi connectivity index (χ1n) is 8.52. The van der Waals surface area contributed by atoms with Crippen molar-refractivity contribution in [3.8, 4) is 0 Å². The number of rotatable bonds is 7. The van der Waals surface area contributed by atoms with E-state index in [-0.39, 0.29) is 29.7 Å². The molecular formula is C18H32IN3O2S. The van der Waals surface area contributed by atoms with Crippen molar-refractivity contribution in [2.75, 3.05) is 18.8 Å². The molecule has 0 aliphatic heterocycles. The summed E-state index contributed by atoms with van der Waals surface area (Å²) in [6.45, 7) is 10.9. The minimum atomic E-state index is -3.13. The van der Waals surface area contributed by atoms with Crippen molar-refractivity contribution in [3.63, 3.8) is 0 Å². The Morgan fingerprint density at radius 2 is 1.68 bits per heavy atom. The van der Waals surface area contributed by atoms with E-state index in [2.05, 4.69) is 34.7 Å². The van der Waals surface area contributed by atoms with Crippen LogP contribution in [0.15, 0.2) is 29.3 Å². The summed E-state index contributed by atoms with van der Waals surface area (Å²) < 4.78 is 23.6. The molecule has 0 radical (unpaired) electrons. The molecule has 0 fully saturated rings. The molecule has 0 amide bonds. The summed E-state index contributed by atoms with van der Waals surface area (Å²) in [5, 5.41) is 6.28. The molecule has 7 heteroatoms. The summed E-state index contributed by atoms with van der Waals surface area (Å²) in [7, 11) is -3.13. The van der Waals surface area contributed by atoms with Crippen LogP contribution < -0.4 is 10.6 Å². The van der Waals surface area contributed by atoms with E-state index in [4.69, 9.17) is 0 Å². The summed E-state index contributed by atoms with van der Waals surface area (Å²) in [6.07, 6.45) is 0.972. The van der Waals surface area contributed by atoms with Crippen LogP contribution in [0, 0.1) is 0 Å². The van der Waals surface area contributed by atoms with Crippen molar-refractivity contribution in [2.45, 2.75) is 52.3 Å². The third-order valence-electron chi connectivity index (χ3n) is 3.85. The van der Waals surface area contributed by atoms with Crippen LogP contribution in [-0.4, -0.2) is 38.0 Å². The van der Waals surface area contributed by atoms with Gasteiger partial charge in [-0.3, -0.25) is 0 Å². The lowest BCUT2D eigenvalue weighted by Gasteiger charge is -2.19. The Morgan fingerprint density at radius 3 is 2.20 bits per heavy atom. The van der Waals surface area contributed by atoms with Gasteiger partial charge in [-0.1, -0.05) is 31.2 Å². The van der Waals surface area contributed by atoms with Crippen LogP contribution >= 0.6 is 24.0 Å². The number of sulfone groups is 1. The SMILES string of the molecule is CCNC(=NCc1ccccc1CC)NCCS(=O)(=O)C(C)(C)C.I. The fraction of sp³-hybridized carbons (Fsp3) is 0.611. The number of benzene rings is 1. The van der Waals surface area contributed by atoms with Crippen LogP contribution in [0.4, 0.5) is 0 Å². The molecule has 0 atom stereocenters. The topological polar surface area (TPSA) is 70.6 Å². The fourth-order valence-electron chi connectivity index (χ4n) is 2.17. The predicted molar refractivity (Wildman–Crippen MR) is 118 cm³/mol. The summed E-state index contributed by atoms with van der Waals surface area (Å²) >= 11 is 0. The zero-order valence-electron chi connectivity index (χ0n) is 15.9. The number of halogens is 1. The van der Waals surface area contributed by atoms with E-state index in [1.807, 2.05) is 19.1 Å². The Labute approximate surface area is 170 Å². The number of nitrogens with zero attached hydrogens (tertiary/aromatic N) is 1. The molecule has 1 rings (SSSR count). The highest BCUT2D eigenvalue weighted by molar-refractivity contribution is 14.0. The Morgan fingerprint density at radius 1 is 1.08 bits per heavy atom. The maximum Gasteiger partial charge on any atom is 0.191 e. The summed E-state index contributed by atoms with van der Waals surface area (Å²) in [4.78, 5) is 4.57. The summed E-state index contributed by atoms with van der Waals surface area (Å²) in [6, 6.07) is 8.24. The van der Waals surface area contributed by atoms with Gasteiger partial charge in [-0.2, -0.15) is 0 Å². The molecule has 25 heavy (non-hydrogen) atoms. The number of hydrogen-bond donors (Lipinski definition) is 2. The Balaban J connectivity index is 0.00000576. The van der Waals surface area contributed by atoms with Gasteiger partial charge in [0, 0.05) is 13.1 Å². The second kappa shape index (κ2) is 11.0. The fourth-order valence-corrected chi connectivity index (χ4v) is 3.16. The van der Waals surface area contributed by atoms with Crippen molar-refractivity contribution < 1.29 is 8.42 Å². The third-order valence-corrected chi connectivity index (χ3v) is 6.45. The largest absolute Gasteiger partial charge is 0.357 e. The molecular weight excluding hydrogens is 449 g/mol. The molecule has 0 aliphatic rings. The second-order valence-corrected chi connectivity index (χ2v) is 9.54. The van der Waals surface area contributed by atoms with Gasteiger partial charge in [0.15, 0.2) is 15.8 Å². The maximum absolute atomic E-state index is 12.2. The number of guanidine groups is 1. The Bertz CT molecular complexity index is 653. The standard InChI is InChI=1S/C18H31N3O2S.HI/c1-6-15-10-8-9-11-16(15)14-21-17(19-7-2)20-12-13-24(22,23)18(3,4)5;/h8-11H,6-7,12-14H2,1-5H3,(H2,19,20,21);1H. The Kier molecular flexibility index (Phi) is 10.6. The minimum Gasteiger partial charge on any atom is -0.357 e. The van der Waals surface area contributed by atoms with Crippen LogP contribution in [0.5, 0.6) is 0 Å². The highest BCUT2D eigenvalue weighted by Gasteiger charge is 2.28. The lowest BCUT2D eigenvalue weighted by Crippen LogP contribution is -2.41. The van der Waals surface area contributed by atoms with E-state index >= 15 is 0 Å². The quantitative estimate of drug-likeness (QED) is 0.357. The van der Waals surface area contributed by atoms with Gasteiger partial charge in [0.25, 0.3) is 0 Å². The molecule has 2 N–H and O–H groups in total. The van der Waals surface area contributed by atoms with Gasteiger partial charge >= 0.3 is 0 Å². The van der Waals surface area contributed by atoms with Crippen molar-refractivity contribution >= 4 is 39.8 Å². The summed E-state index contributed by atoms with van der Waals surface area (Å²) in [5.74, 6) is 0.736. The van der Waals surface area contributed by atoms with Crippen LogP contribution in [0.2, 0.25) is 0 Å². The average molecular weight is 481 g/mol. The van der Waals surface area contributed by atoms with E-state index in [0.29, 0.717) is 19.0 Å². The minimum absolute atomic E-state index is 0.